The fraction of sp³-hybridized carbons (Fsp3) is 0.417. The van der Waals surface area contributed by atoms with Crippen molar-refractivity contribution >= 4 is 23.3 Å². The fourth-order valence-electron chi connectivity index (χ4n) is 1.62. The Kier molecular flexibility index (Phi) is 5.09. The van der Waals surface area contributed by atoms with E-state index in [9.17, 15) is 14.9 Å². The number of esters is 1. The standard InChI is InChI=1S/C12H14ClNO4/c1-3-5-8-6-10(13)11(14(16)17)7-9(8)12(15)18-4-2/h6-7H,3-5H2,1-2H3. The average molecular weight is 272 g/mol. The van der Waals surface area contributed by atoms with E-state index in [1.54, 1.807) is 6.92 Å². The summed E-state index contributed by atoms with van der Waals surface area (Å²) in [4.78, 5) is 21.9. The second kappa shape index (κ2) is 6.35. The van der Waals surface area contributed by atoms with Crippen molar-refractivity contribution in [3.63, 3.8) is 0 Å². The summed E-state index contributed by atoms with van der Waals surface area (Å²) in [6.45, 7) is 3.85. The number of nitrogens with zero attached hydrogens (tertiary/aromatic N) is 1. The van der Waals surface area contributed by atoms with Crippen molar-refractivity contribution in [1.82, 2.24) is 0 Å². The van der Waals surface area contributed by atoms with Gasteiger partial charge >= 0.3 is 5.97 Å². The van der Waals surface area contributed by atoms with Crippen LogP contribution in [0.15, 0.2) is 12.1 Å². The number of nitro benzene ring substituents is 1. The second-order valence-corrected chi connectivity index (χ2v) is 4.10. The van der Waals surface area contributed by atoms with Crippen molar-refractivity contribution in [2.75, 3.05) is 6.61 Å². The van der Waals surface area contributed by atoms with Gasteiger partial charge in [0.05, 0.1) is 17.1 Å². The molecule has 1 aromatic rings. The minimum atomic E-state index is -0.610. The summed E-state index contributed by atoms with van der Waals surface area (Å²) >= 11 is 5.82. The fourth-order valence-corrected chi connectivity index (χ4v) is 1.87. The molecule has 0 aromatic heterocycles. The van der Waals surface area contributed by atoms with Gasteiger partial charge in [0, 0.05) is 6.07 Å². The molecule has 0 radical (unpaired) electrons. The number of aryl methyl sites for hydroxylation is 1. The molecule has 1 rings (SSSR count). The highest BCUT2D eigenvalue weighted by atomic mass is 35.5. The minimum absolute atomic E-state index is 0.0384. The van der Waals surface area contributed by atoms with Crippen molar-refractivity contribution in [2.24, 2.45) is 0 Å². The highest BCUT2D eigenvalue weighted by molar-refractivity contribution is 6.32. The SMILES string of the molecule is CCCc1cc(Cl)c([N+](=O)[O-])cc1C(=O)OCC. The second-order valence-electron chi connectivity index (χ2n) is 3.69. The van der Waals surface area contributed by atoms with E-state index in [1.165, 1.54) is 12.1 Å². The van der Waals surface area contributed by atoms with Crippen LogP contribution >= 0.6 is 11.6 Å². The Hall–Kier alpha value is -1.62. The summed E-state index contributed by atoms with van der Waals surface area (Å²) in [5.41, 5.74) is 0.612. The molecule has 0 amide bonds. The lowest BCUT2D eigenvalue weighted by Crippen LogP contribution is -2.09. The summed E-state index contributed by atoms with van der Waals surface area (Å²) < 4.78 is 4.88. The Morgan fingerprint density at radius 1 is 1.44 bits per heavy atom. The maximum absolute atomic E-state index is 11.7. The van der Waals surface area contributed by atoms with E-state index in [-0.39, 0.29) is 22.9 Å². The molecule has 98 valence electrons. The Labute approximate surface area is 110 Å². The lowest BCUT2D eigenvalue weighted by molar-refractivity contribution is -0.384. The first-order valence-electron chi connectivity index (χ1n) is 5.65. The van der Waals surface area contributed by atoms with Crippen LogP contribution in [0.3, 0.4) is 0 Å². The molecule has 0 atom stereocenters. The van der Waals surface area contributed by atoms with Gasteiger partial charge in [-0.3, -0.25) is 10.1 Å². The number of rotatable bonds is 5. The van der Waals surface area contributed by atoms with E-state index in [0.717, 1.165) is 6.42 Å². The molecule has 0 unspecified atom stereocenters. The lowest BCUT2D eigenvalue weighted by atomic mass is 10.0. The Bertz CT molecular complexity index is 473. The van der Waals surface area contributed by atoms with Gasteiger partial charge in [-0.15, -0.1) is 0 Å². The van der Waals surface area contributed by atoms with Crippen LogP contribution in [-0.2, 0) is 11.2 Å². The van der Waals surface area contributed by atoms with Crippen LogP contribution in [0.2, 0.25) is 5.02 Å². The number of hydrogen-bond donors (Lipinski definition) is 0. The number of benzene rings is 1. The van der Waals surface area contributed by atoms with E-state index in [1.807, 2.05) is 6.92 Å². The first kappa shape index (κ1) is 14.4. The first-order valence-corrected chi connectivity index (χ1v) is 6.03. The minimum Gasteiger partial charge on any atom is -0.462 e. The number of carbonyl (C=O) groups excluding carboxylic acids is 1. The molecule has 6 heteroatoms. The molecular weight excluding hydrogens is 258 g/mol. The third-order valence-corrected chi connectivity index (χ3v) is 2.69. The van der Waals surface area contributed by atoms with Gasteiger partial charge in [-0.05, 0) is 25.0 Å². The molecule has 18 heavy (non-hydrogen) atoms. The van der Waals surface area contributed by atoms with Crippen LogP contribution in [0.5, 0.6) is 0 Å². The van der Waals surface area contributed by atoms with Crippen LogP contribution in [0.1, 0.15) is 36.2 Å². The molecule has 0 aliphatic heterocycles. The Morgan fingerprint density at radius 3 is 2.61 bits per heavy atom. The number of hydrogen-bond acceptors (Lipinski definition) is 4. The van der Waals surface area contributed by atoms with Crippen LogP contribution in [0.25, 0.3) is 0 Å². The molecular formula is C12H14ClNO4. The van der Waals surface area contributed by atoms with Gasteiger partial charge in [0.25, 0.3) is 5.69 Å². The number of ether oxygens (including phenoxy) is 1. The third-order valence-electron chi connectivity index (χ3n) is 2.38. The zero-order valence-electron chi connectivity index (χ0n) is 10.2. The normalized spacial score (nSPS) is 10.2. The van der Waals surface area contributed by atoms with Crippen molar-refractivity contribution in [3.8, 4) is 0 Å². The van der Waals surface area contributed by atoms with Gasteiger partial charge in [0.1, 0.15) is 5.02 Å². The van der Waals surface area contributed by atoms with Gasteiger partial charge in [-0.2, -0.15) is 0 Å². The van der Waals surface area contributed by atoms with E-state index >= 15 is 0 Å². The molecule has 0 fully saturated rings. The lowest BCUT2D eigenvalue weighted by Gasteiger charge is -2.09. The number of nitro groups is 1. The smallest absolute Gasteiger partial charge is 0.338 e. The van der Waals surface area contributed by atoms with Gasteiger partial charge in [0.2, 0.25) is 0 Å². The van der Waals surface area contributed by atoms with Gasteiger partial charge in [0.15, 0.2) is 0 Å². The summed E-state index contributed by atoms with van der Waals surface area (Å²) in [5.74, 6) is -0.555. The van der Waals surface area contributed by atoms with E-state index in [4.69, 9.17) is 16.3 Å². The van der Waals surface area contributed by atoms with Crippen molar-refractivity contribution in [2.45, 2.75) is 26.7 Å². The van der Waals surface area contributed by atoms with Crippen LogP contribution < -0.4 is 0 Å². The topological polar surface area (TPSA) is 69.4 Å². The highest BCUT2D eigenvalue weighted by Crippen LogP contribution is 2.29. The van der Waals surface area contributed by atoms with E-state index in [0.29, 0.717) is 12.0 Å². The maximum Gasteiger partial charge on any atom is 0.338 e. The van der Waals surface area contributed by atoms with Gasteiger partial charge in [-0.25, -0.2) is 4.79 Å². The summed E-state index contributed by atoms with van der Waals surface area (Å²) in [5, 5.41) is 10.8. The third kappa shape index (κ3) is 3.20. The zero-order valence-corrected chi connectivity index (χ0v) is 11.0. The molecule has 0 spiro atoms. The van der Waals surface area contributed by atoms with Crippen LogP contribution in [0.4, 0.5) is 5.69 Å². The first-order chi connectivity index (χ1) is 8.51. The summed E-state index contributed by atoms with van der Waals surface area (Å²) in [6.07, 6.45) is 1.42. The summed E-state index contributed by atoms with van der Waals surface area (Å²) in [6, 6.07) is 2.65. The number of carbonyl (C=O) groups is 1. The van der Waals surface area contributed by atoms with Crippen molar-refractivity contribution in [1.29, 1.82) is 0 Å². The highest BCUT2D eigenvalue weighted by Gasteiger charge is 2.21. The molecule has 1 aromatic carbocycles. The monoisotopic (exact) mass is 271 g/mol. The molecule has 0 saturated carbocycles. The maximum atomic E-state index is 11.7. The van der Waals surface area contributed by atoms with Crippen molar-refractivity contribution in [3.05, 3.63) is 38.4 Å². The van der Waals surface area contributed by atoms with Crippen LogP contribution in [0, 0.1) is 10.1 Å². The van der Waals surface area contributed by atoms with Gasteiger partial charge < -0.3 is 4.74 Å². The molecule has 0 saturated heterocycles. The van der Waals surface area contributed by atoms with E-state index < -0.39 is 10.9 Å². The average Bonchev–Trinajstić information content (AvgIpc) is 2.29. The molecule has 5 nitrogen and oxygen atoms in total. The Morgan fingerprint density at radius 2 is 2.11 bits per heavy atom. The molecule has 0 bridgehead atoms. The predicted octanol–water partition coefficient (Wildman–Crippen LogP) is 3.38. The zero-order chi connectivity index (χ0) is 13.7. The van der Waals surface area contributed by atoms with Crippen LogP contribution in [-0.4, -0.2) is 17.5 Å². The molecule has 0 heterocycles. The number of halogens is 1. The Balaban J connectivity index is 3.30. The van der Waals surface area contributed by atoms with Gasteiger partial charge in [-0.1, -0.05) is 24.9 Å². The molecule has 0 aliphatic rings. The van der Waals surface area contributed by atoms with E-state index in [2.05, 4.69) is 0 Å². The quantitative estimate of drug-likeness (QED) is 0.468. The molecule has 0 aliphatic carbocycles. The predicted molar refractivity (Wildman–Crippen MR) is 68.1 cm³/mol. The van der Waals surface area contributed by atoms with Crippen molar-refractivity contribution < 1.29 is 14.5 Å². The molecule has 0 N–H and O–H groups in total. The summed E-state index contributed by atoms with van der Waals surface area (Å²) in [7, 11) is 0. The largest absolute Gasteiger partial charge is 0.462 e.